The number of pyridine rings is 1. The molecule has 1 amide bonds. The van der Waals surface area contributed by atoms with Gasteiger partial charge in [-0.05, 0) is 35.7 Å². The molecule has 2 aromatic rings. The van der Waals surface area contributed by atoms with Crippen LogP contribution >= 0.6 is 0 Å². The number of amides is 1. The molecule has 0 unspecified atom stereocenters. The van der Waals surface area contributed by atoms with Crippen molar-refractivity contribution in [2.24, 2.45) is 0 Å². The van der Waals surface area contributed by atoms with Gasteiger partial charge < -0.3 is 10.5 Å². The molecule has 0 radical (unpaired) electrons. The number of hydrogen-bond donors (Lipinski definition) is 2. The molecule has 0 bridgehead atoms. The molecule has 0 aliphatic rings. The van der Waals surface area contributed by atoms with Gasteiger partial charge in [-0.1, -0.05) is 82.9 Å². The first kappa shape index (κ1) is 25.0. The molecule has 170 valence electrons. The molecule has 0 spiro atoms. The standard InChI is InChI=1S/C26H39N3O2/c1-2-3-4-5-6-7-8-9-10-11-18-28-26(30)25-16-12-14-23(19-25)21-29(31)22-24-15-13-17-27-20-24/h12-17,19-20,31H,2-11,18,21-22H2,1H3,(H,28,30). The summed E-state index contributed by atoms with van der Waals surface area (Å²) in [5.74, 6) is -0.0467. The van der Waals surface area contributed by atoms with Crippen LogP contribution in [-0.2, 0) is 13.1 Å². The predicted octanol–water partition coefficient (Wildman–Crippen LogP) is 6.12. The number of hydroxylamine groups is 2. The fraction of sp³-hybridized carbons (Fsp3) is 0.538. The Kier molecular flexibility index (Phi) is 12.5. The van der Waals surface area contributed by atoms with Gasteiger partial charge in [0.05, 0.1) is 6.54 Å². The maximum atomic E-state index is 12.4. The van der Waals surface area contributed by atoms with E-state index in [0.29, 0.717) is 25.2 Å². The summed E-state index contributed by atoms with van der Waals surface area (Å²) in [7, 11) is 0. The lowest BCUT2D eigenvalue weighted by Crippen LogP contribution is -2.25. The molecule has 0 fully saturated rings. The van der Waals surface area contributed by atoms with Crippen molar-refractivity contribution >= 4 is 5.91 Å². The summed E-state index contributed by atoms with van der Waals surface area (Å²) in [6, 6.07) is 11.2. The minimum Gasteiger partial charge on any atom is -0.352 e. The molecule has 1 aromatic carbocycles. The number of hydrogen-bond acceptors (Lipinski definition) is 4. The molecule has 0 saturated heterocycles. The lowest BCUT2D eigenvalue weighted by Gasteiger charge is -2.15. The van der Waals surface area contributed by atoms with Gasteiger partial charge in [0.2, 0.25) is 0 Å². The van der Waals surface area contributed by atoms with Gasteiger partial charge in [-0.15, -0.1) is 0 Å². The van der Waals surface area contributed by atoms with Gasteiger partial charge in [0, 0.05) is 31.0 Å². The number of aromatic nitrogens is 1. The zero-order valence-electron chi connectivity index (χ0n) is 19.1. The highest BCUT2D eigenvalue weighted by molar-refractivity contribution is 5.94. The molecule has 1 aromatic heterocycles. The largest absolute Gasteiger partial charge is 0.352 e. The summed E-state index contributed by atoms with van der Waals surface area (Å²) < 4.78 is 0. The Hall–Kier alpha value is -2.24. The average Bonchev–Trinajstić information content (AvgIpc) is 2.78. The van der Waals surface area contributed by atoms with E-state index in [1.54, 1.807) is 12.4 Å². The number of carbonyl (C=O) groups is 1. The second-order valence-electron chi connectivity index (χ2n) is 8.32. The molecule has 5 heteroatoms. The highest BCUT2D eigenvalue weighted by Crippen LogP contribution is 2.12. The molecule has 2 N–H and O–H groups in total. The summed E-state index contributed by atoms with van der Waals surface area (Å²) >= 11 is 0. The zero-order valence-corrected chi connectivity index (χ0v) is 19.1. The normalized spacial score (nSPS) is 11.1. The van der Waals surface area contributed by atoms with Crippen LogP contribution in [0.15, 0.2) is 48.8 Å². The summed E-state index contributed by atoms with van der Waals surface area (Å²) in [6.07, 6.45) is 16.3. The second-order valence-corrected chi connectivity index (χ2v) is 8.32. The summed E-state index contributed by atoms with van der Waals surface area (Å²) in [5, 5.41) is 14.5. The zero-order chi connectivity index (χ0) is 22.2. The van der Waals surface area contributed by atoms with Gasteiger partial charge in [0.1, 0.15) is 0 Å². The molecule has 0 atom stereocenters. The fourth-order valence-corrected chi connectivity index (χ4v) is 3.70. The van der Waals surface area contributed by atoms with Crippen molar-refractivity contribution < 1.29 is 10.0 Å². The molecule has 31 heavy (non-hydrogen) atoms. The van der Waals surface area contributed by atoms with E-state index in [2.05, 4.69) is 17.2 Å². The Balaban J connectivity index is 1.60. The highest BCUT2D eigenvalue weighted by Gasteiger charge is 2.08. The van der Waals surface area contributed by atoms with Crippen molar-refractivity contribution in [3.8, 4) is 0 Å². The summed E-state index contributed by atoms with van der Waals surface area (Å²) in [4.78, 5) is 16.5. The minimum absolute atomic E-state index is 0.0467. The van der Waals surface area contributed by atoms with Crippen LogP contribution in [0.2, 0.25) is 0 Å². The van der Waals surface area contributed by atoms with Gasteiger partial charge >= 0.3 is 0 Å². The van der Waals surface area contributed by atoms with Gasteiger partial charge in [0.25, 0.3) is 5.91 Å². The van der Waals surface area contributed by atoms with Crippen molar-refractivity contribution in [3.63, 3.8) is 0 Å². The van der Waals surface area contributed by atoms with Crippen LogP contribution in [0, 0.1) is 0 Å². The predicted molar refractivity (Wildman–Crippen MR) is 126 cm³/mol. The molecular weight excluding hydrogens is 386 g/mol. The maximum absolute atomic E-state index is 12.4. The number of unbranched alkanes of at least 4 members (excludes halogenated alkanes) is 9. The number of carbonyl (C=O) groups excluding carboxylic acids is 1. The lowest BCUT2D eigenvalue weighted by atomic mass is 10.1. The molecule has 1 heterocycles. The highest BCUT2D eigenvalue weighted by atomic mass is 16.5. The average molecular weight is 426 g/mol. The van der Waals surface area contributed by atoms with Crippen LogP contribution in [0.25, 0.3) is 0 Å². The van der Waals surface area contributed by atoms with Crippen LogP contribution in [0.3, 0.4) is 0 Å². The smallest absolute Gasteiger partial charge is 0.251 e. The topological polar surface area (TPSA) is 65.5 Å². The fourth-order valence-electron chi connectivity index (χ4n) is 3.70. The van der Waals surface area contributed by atoms with E-state index >= 15 is 0 Å². The third-order valence-electron chi connectivity index (χ3n) is 5.46. The van der Waals surface area contributed by atoms with Gasteiger partial charge in [-0.2, -0.15) is 5.06 Å². The molecule has 0 aliphatic heterocycles. The molecule has 2 rings (SSSR count). The number of nitrogens with one attached hydrogen (secondary N) is 1. The Bertz CT molecular complexity index is 736. The third-order valence-corrected chi connectivity index (χ3v) is 5.46. The quantitative estimate of drug-likeness (QED) is 0.251. The number of benzene rings is 1. The molecule has 5 nitrogen and oxygen atoms in total. The van der Waals surface area contributed by atoms with E-state index < -0.39 is 0 Å². The number of rotatable bonds is 16. The SMILES string of the molecule is CCCCCCCCCCCCNC(=O)c1cccc(CN(O)Cc2cccnc2)c1. The van der Waals surface area contributed by atoms with E-state index in [4.69, 9.17) is 0 Å². The molecule has 0 aliphatic carbocycles. The summed E-state index contributed by atoms with van der Waals surface area (Å²) in [6.45, 7) is 3.72. The summed E-state index contributed by atoms with van der Waals surface area (Å²) in [5.41, 5.74) is 2.48. The Morgan fingerprint density at radius 1 is 0.903 bits per heavy atom. The first-order valence-corrected chi connectivity index (χ1v) is 11.9. The maximum Gasteiger partial charge on any atom is 0.251 e. The van der Waals surface area contributed by atoms with E-state index in [-0.39, 0.29) is 5.91 Å². The van der Waals surface area contributed by atoms with E-state index in [0.717, 1.165) is 17.5 Å². The molecular formula is C26H39N3O2. The van der Waals surface area contributed by atoms with Gasteiger partial charge in [-0.25, -0.2) is 0 Å². The van der Waals surface area contributed by atoms with E-state index in [1.165, 1.54) is 62.9 Å². The van der Waals surface area contributed by atoms with E-state index in [1.807, 2.05) is 36.4 Å². The van der Waals surface area contributed by atoms with Crippen LogP contribution in [0.5, 0.6) is 0 Å². The van der Waals surface area contributed by atoms with Crippen molar-refractivity contribution in [2.75, 3.05) is 6.54 Å². The van der Waals surface area contributed by atoms with Crippen molar-refractivity contribution in [3.05, 3.63) is 65.5 Å². The monoisotopic (exact) mass is 425 g/mol. The Morgan fingerprint density at radius 3 is 2.23 bits per heavy atom. The van der Waals surface area contributed by atoms with Crippen molar-refractivity contribution in [1.29, 1.82) is 0 Å². The van der Waals surface area contributed by atoms with Crippen LogP contribution in [0.4, 0.5) is 0 Å². The van der Waals surface area contributed by atoms with Gasteiger partial charge in [0.15, 0.2) is 0 Å². The first-order chi connectivity index (χ1) is 15.2. The van der Waals surface area contributed by atoms with Crippen molar-refractivity contribution in [1.82, 2.24) is 15.4 Å². The van der Waals surface area contributed by atoms with Crippen LogP contribution < -0.4 is 5.32 Å². The van der Waals surface area contributed by atoms with Crippen molar-refractivity contribution in [2.45, 2.75) is 84.2 Å². The van der Waals surface area contributed by atoms with Crippen LogP contribution in [-0.4, -0.2) is 27.7 Å². The minimum atomic E-state index is -0.0467. The Labute approximate surface area is 187 Å². The van der Waals surface area contributed by atoms with Gasteiger partial charge in [-0.3, -0.25) is 9.78 Å². The van der Waals surface area contributed by atoms with Crippen LogP contribution in [0.1, 0.15) is 92.6 Å². The van der Waals surface area contributed by atoms with E-state index in [9.17, 15) is 10.0 Å². The lowest BCUT2D eigenvalue weighted by molar-refractivity contribution is -0.108. The molecule has 0 saturated carbocycles. The first-order valence-electron chi connectivity index (χ1n) is 11.9. The third kappa shape index (κ3) is 11.1. The second kappa shape index (κ2) is 15.5. The number of nitrogens with zero attached hydrogens (tertiary/aromatic N) is 2. The Morgan fingerprint density at radius 2 is 1.55 bits per heavy atom.